The summed E-state index contributed by atoms with van der Waals surface area (Å²) >= 11 is 1.53. The summed E-state index contributed by atoms with van der Waals surface area (Å²) < 4.78 is 7.50. The highest BCUT2D eigenvalue weighted by Gasteiger charge is 2.15. The van der Waals surface area contributed by atoms with Gasteiger partial charge in [0.1, 0.15) is 0 Å². The van der Waals surface area contributed by atoms with Crippen LogP contribution in [0, 0.1) is 0 Å². The summed E-state index contributed by atoms with van der Waals surface area (Å²) in [6.45, 7) is 4.33. The molecule has 0 radical (unpaired) electrons. The molecule has 0 bridgehead atoms. The molecule has 0 N–H and O–H groups in total. The van der Waals surface area contributed by atoms with Gasteiger partial charge in [0.15, 0.2) is 4.96 Å². The van der Waals surface area contributed by atoms with Crippen LogP contribution in [-0.2, 0) is 11.3 Å². The quantitative estimate of drug-likeness (QED) is 0.723. The van der Waals surface area contributed by atoms with Gasteiger partial charge in [0, 0.05) is 30.7 Å². The first kappa shape index (κ1) is 12.9. The minimum atomic E-state index is -0.148. The predicted octanol–water partition coefficient (Wildman–Crippen LogP) is 1.74. The summed E-state index contributed by atoms with van der Waals surface area (Å²) in [5.74, 6) is 0. The van der Waals surface area contributed by atoms with Gasteiger partial charge >= 0.3 is 0 Å². The average molecular weight is 301 g/mol. The molecule has 3 aromatic rings. The first-order valence-corrected chi connectivity index (χ1v) is 7.89. The number of ether oxygens (including phenoxy) is 1. The van der Waals surface area contributed by atoms with E-state index in [9.17, 15) is 4.79 Å². The van der Waals surface area contributed by atoms with Gasteiger partial charge in [-0.3, -0.25) is 14.1 Å². The van der Waals surface area contributed by atoms with E-state index in [1.54, 1.807) is 0 Å². The zero-order valence-corrected chi connectivity index (χ0v) is 12.3. The van der Waals surface area contributed by atoms with Crippen LogP contribution in [0.15, 0.2) is 34.4 Å². The van der Waals surface area contributed by atoms with Crippen LogP contribution in [0.3, 0.4) is 0 Å². The van der Waals surface area contributed by atoms with Crippen molar-refractivity contribution in [2.75, 3.05) is 26.3 Å². The van der Waals surface area contributed by atoms with Crippen molar-refractivity contribution in [1.29, 1.82) is 0 Å². The summed E-state index contributed by atoms with van der Waals surface area (Å²) in [5, 5.41) is 2.78. The number of benzene rings is 1. The molecule has 0 spiro atoms. The van der Waals surface area contributed by atoms with E-state index in [4.69, 9.17) is 4.74 Å². The number of aromatic nitrogens is 2. The van der Waals surface area contributed by atoms with Crippen LogP contribution in [0.5, 0.6) is 0 Å². The molecule has 4 rings (SSSR count). The van der Waals surface area contributed by atoms with E-state index in [0.29, 0.717) is 5.39 Å². The molecule has 1 saturated heterocycles. The first-order valence-electron chi connectivity index (χ1n) is 7.01. The second-order valence-corrected chi connectivity index (χ2v) is 6.00. The molecule has 1 aliphatic rings. The van der Waals surface area contributed by atoms with Gasteiger partial charge in [-0.2, -0.15) is 4.98 Å². The number of morpholine rings is 1. The Morgan fingerprint density at radius 2 is 2.05 bits per heavy atom. The lowest BCUT2D eigenvalue weighted by atomic mass is 10.2. The van der Waals surface area contributed by atoms with Crippen LogP contribution in [0.25, 0.3) is 15.9 Å². The van der Waals surface area contributed by atoms with E-state index in [0.717, 1.165) is 43.3 Å². The van der Waals surface area contributed by atoms with E-state index in [2.05, 4.69) is 19.7 Å². The molecule has 0 unspecified atom stereocenters. The van der Waals surface area contributed by atoms with E-state index >= 15 is 0 Å². The van der Waals surface area contributed by atoms with Crippen molar-refractivity contribution in [3.63, 3.8) is 0 Å². The van der Waals surface area contributed by atoms with Gasteiger partial charge in [0.25, 0.3) is 5.56 Å². The van der Waals surface area contributed by atoms with Crippen LogP contribution in [-0.4, -0.2) is 40.6 Å². The van der Waals surface area contributed by atoms with Crippen LogP contribution in [0.2, 0.25) is 0 Å². The normalized spacial score (nSPS) is 16.8. The molecule has 108 valence electrons. The Labute approximate surface area is 125 Å². The van der Waals surface area contributed by atoms with Crippen molar-refractivity contribution in [2.24, 2.45) is 0 Å². The summed E-state index contributed by atoms with van der Waals surface area (Å²) in [6, 6.07) is 7.67. The maximum absolute atomic E-state index is 12.0. The molecule has 2 aromatic heterocycles. The monoisotopic (exact) mass is 301 g/mol. The molecule has 1 fully saturated rings. The topological polar surface area (TPSA) is 46.8 Å². The number of thiazole rings is 1. The maximum atomic E-state index is 12.0. The maximum Gasteiger partial charge on any atom is 0.281 e. The molecule has 1 aromatic carbocycles. The molecular weight excluding hydrogens is 286 g/mol. The third kappa shape index (κ3) is 2.25. The number of para-hydroxylation sites is 1. The van der Waals surface area contributed by atoms with Gasteiger partial charge in [0.2, 0.25) is 0 Å². The van der Waals surface area contributed by atoms with E-state index < -0.39 is 0 Å². The summed E-state index contributed by atoms with van der Waals surface area (Å²) in [5.41, 5.74) is 1.97. The Hall–Kier alpha value is -1.76. The molecule has 0 aliphatic carbocycles. The SMILES string of the molecule is O=c1nc2scc(CN3CCOCC3)n2c2ccccc12. The summed E-state index contributed by atoms with van der Waals surface area (Å²) in [6.07, 6.45) is 0. The fourth-order valence-corrected chi connectivity index (χ4v) is 3.65. The minimum Gasteiger partial charge on any atom is -0.379 e. The lowest BCUT2D eigenvalue weighted by Crippen LogP contribution is -2.36. The summed E-state index contributed by atoms with van der Waals surface area (Å²) in [7, 11) is 0. The highest BCUT2D eigenvalue weighted by atomic mass is 32.1. The molecule has 0 amide bonds. The van der Waals surface area contributed by atoms with E-state index in [1.807, 2.05) is 24.3 Å². The lowest BCUT2D eigenvalue weighted by molar-refractivity contribution is 0.0336. The Bertz CT molecular complexity index is 849. The van der Waals surface area contributed by atoms with Crippen LogP contribution in [0.1, 0.15) is 5.69 Å². The largest absolute Gasteiger partial charge is 0.379 e. The van der Waals surface area contributed by atoms with Crippen molar-refractivity contribution >= 4 is 27.2 Å². The van der Waals surface area contributed by atoms with Crippen molar-refractivity contribution < 1.29 is 4.74 Å². The average Bonchev–Trinajstić information content (AvgIpc) is 2.91. The van der Waals surface area contributed by atoms with Gasteiger partial charge in [-0.25, -0.2) is 0 Å². The molecule has 6 heteroatoms. The molecular formula is C15H15N3O2S. The Morgan fingerprint density at radius 3 is 2.90 bits per heavy atom. The zero-order chi connectivity index (χ0) is 14.2. The highest BCUT2D eigenvalue weighted by Crippen LogP contribution is 2.21. The third-order valence-corrected chi connectivity index (χ3v) is 4.72. The smallest absolute Gasteiger partial charge is 0.281 e. The molecule has 5 nitrogen and oxygen atoms in total. The van der Waals surface area contributed by atoms with Crippen LogP contribution >= 0.6 is 11.3 Å². The minimum absolute atomic E-state index is 0.148. The summed E-state index contributed by atoms with van der Waals surface area (Å²) in [4.78, 5) is 19.4. The standard InChI is InChI=1S/C15H15N3O2S/c19-14-12-3-1-2-4-13(12)18-11(10-21-15(18)16-14)9-17-5-7-20-8-6-17/h1-4,10H,5-9H2. The third-order valence-electron chi connectivity index (χ3n) is 3.84. The van der Waals surface area contributed by atoms with Crippen molar-refractivity contribution in [2.45, 2.75) is 6.54 Å². The number of hydrogen-bond acceptors (Lipinski definition) is 5. The Morgan fingerprint density at radius 1 is 1.24 bits per heavy atom. The van der Waals surface area contributed by atoms with Gasteiger partial charge in [-0.1, -0.05) is 12.1 Å². The second kappa shape index (κ2) is 5.22. The number of fused-ring (bicyclic) bond motifs is 3. The van der Waals surface area contributed by atoms with Crippen molar-refractivity contribution in [3.8, 4) is 0 Å². The van der Waals surface area contributed by atoms with Crippen LogP contribution in [0.4, 0.5) is 0 Å². The zero-order valence-electron chi connectivity index (χ0n) is 11.5. The highest BCUT2D eigenvalue weighted by molar-refractivity contribution is 7.15. The molecule has 21 heavy (non-hydrogen) atoms. The number of nitrogens with zero attached hydrogens (tertiary/aromatic N) is 3. The number of rotatable bonds is 2. The molecule has 1 aliphatic heterocycles. The fraction of sp³-hybridized carbons (Fsp3) is 0.333. The number of hydrogen-bond donors (Lipinski definition) is 0. The second-order valence-electron chi connectivity index (χ2n) is 5.17. The predicted molar refractivity (Wildman–Crippen MR) is 82.9 cm³/mol. The lowest BCUT2D eigenvalue weighted by Gasteiger charge is -2.26. The van der Waals surface area contributed by atoms with E-state index in [-0.39, 0.29) is 5.56 Å². The van der Waals surface area contributed by atoms with Gasteiger partial charge in [-0.05, 0) is 12.1 Å². The van der Waals surface area contributed by atoms with Gasteiger partial charge in [0.05, 0.1) is 24.1 Å². The Kier molecular flexibility index (Phi) is 3.21. The van der Waals surface area contributed by atoms with Crippen molar-refractivity contribution in [1.82, 2.24) is 14.3 Å². The fourth-order valence-electron chi connectivity index (χ4n) is 2.78. The van der Waals surface area contributed by atoms with Gasteiger partial charge < -0.3 is 4.74 Å². The van der Waals surface area contributed by atoms with Gasteiger partial charge in [-0.15, -0.1) is 11.3 Å². The Balaban J connectivity index is 1.86. The first-order chi connectivity index (χ1) is 10.3. The van der Waals surface area contributed by atoms with Crippen LogP contribution < -0.4 is 5.56 Å². The van der Waals surface area contributed by atoms with Crippen molar-refractivity contribution in [3.05, 3.63) is 45.7 Å². The molecule has 0 atom stereocenters. The molecule has 0 saturated carbocycles. The molecule has 3 heterocycles. The van der Waals surface area contributed by atoms with E-state index in [1.165, 1.54) is 17.0 Å².